The summed E-state index contributed by atoms with van der Waals surface area (Å²) >= 11 is 0. The molecule has 226 valence electrons. The minimum Gasteiger partial charge on any atom is -0.497 e. The van der Waals surface area contributed by atoms with E-state index < -0.39 is 9.84 Å². The second kappa shape index (κ2) is 14.4. The Morgan fingerprint density at radius 3 is 2.52 bits per heavy atom. The summed E-state index contributed by atoms with van der Waals surface area (Å²) in [5.74, 6) is 2.20. The molecule has 7 nitrogen and oxygen atoms in total. The number of ether oxygens (including phenoxy) is 4. The van der Waals surface area contributed by atoms with Crippen molar-refractivity contribution < 1.29 is 27.4 Å². The Morgan fingerprint density at radius 2 is 1.76 bits per heavy atom. The number of benzene rings is 3. The first kappa shape index (κ1) is 30.4. The number of hydrogen-bond donors (Lipinski definition) is 0. The van der Waals surface area contributed by atoms with E-state index in [-0.39, 0.29) is 29.4 Å². The topological polar surface area (TPSA) is 74.3 Å². The zero-order valence-corrected chi connectivity index (χ0v) is 25.6. The molecule has 8 heteroatoms. The minimum absolute atomic E-state index is 0.00318. The summed E-state index contributed by atoms with van der Waals surface area (Å²) < 4.78 is 49.5. The molecule has 1 aliphatic carbocycles. The Balaban J connectivity index is 1.28. The second-order valence-corrected chi connectivity index (χ2v) is 13.5. The smallest absolute Gasteiger partial charge is 0.154 e. The Kier molecular flexibility index (Phi) is 10.4. The average Bonchev–Trinajstić information content (AvgIpc) is 3.00. The summed E-state index contributed by atoms with van der Waals surface area (Å²) in [4.78, 5) is 2.36. The van der Waals surface area contributed by atoms with Crippen molar-refractivity contribution in [3.05, 3.63) is 89.5 Å². The molecule has 0 N–H and O–H groups in total. The molecule has 1 saturated carbocycles. The van der Waals surface area contributed by atoms with Gasteiger partial charge in [0.05, 0.1) is 43.6 Å². The minimum atomic E-state index is -3.23. The fourth-order valence-electron chi connectivity index (χ4n) is 6.27. The third-order valence-electron chi connectivity index (χ3n) is 8.38. The van der Waals surface area contributed by atoms with Gasteiger partial charge in [0.15, 0.2) is 9.84 Å². The predicted octanol–water partition coefficient (Wildman–Crippen LogP) is 6.01. The molecule has 2 aliphatic rings. The van der Waals surface area contributed by atoms with E-state index >= 15 is 0 Å². The standard InChI is InChI=1S/C34H43NO6S/c1-38-19-6-17-35-18-20-40-34-16-9-27(22-32(34)35)23-41-33-15-10-28(21-31(33)29-11-13-30(39-2)14-12-29)25-42(36,37)24-26-7-4-3-5-8-26/h3-5,7-9,11-14,16,22,28,31,33H,6,10,15,17-21,23-25H2,1-2H3/t28-,31+,33-/m0/s1. The van der Waals surface area contributed by atoms with Crippen molar-refractivity contribution in [2.24, 2.45) is 5.92 Å². The molecule has 0 unspecified atom stereocenters. The van der Waals surface area contributed by atoms with Crippen LogP contribution in [-0.2, 0) is 31.7 Å². The molecule has 0 bridgehead atoms. The van der Waals surface area contributed by atoms with E-state index in [0.29, 0.717) is 13.2 Å². The largest absolute Gasteiger partial charge is 0.497 e. The van der Waals surface area contributed by atoms with Crippen LogP contribution in [0.3, 0.4) is 0 Å². The van der Waals surface area contributed by atoms with E-state index in [9.17, 15) is 8.42 Å². The van der Waals surface area contributed by atoms with Gasteiger partial charge < -0.3 is 23.8 Å². The van der Waals surface area contributed by atoms with Crippen LogP contribution in [0.1, 0.15) is 48.3 Å². The molecule has 0 saturated heterocycles. The average molecular weight is 594 g/mol. The Labute approximate surface area is 250 Å². The molecule has 0 spiro atoms. The number of fused-ring (bicyclic) bond motifs is 1. The lowest BCUT2D eigenvalue weighted by molar-refractivity contribution is -0.00652. The van der Waals surface area contributed by atoms with Crippen molar-refractivity contribution in [1.29, 1.82) is 0 Å². The summed E-state index contributed by atoms with van der Waals surface area (Å²) in [7, 11) is 0.168. The number of hydrogen-bond acceptors (Lipinski definition) is 7. The number of sulfone groups is 1. The Morgan fingerprint density at radius 1 is 0.952 bits per heavy atom. The molecule has 0 radical (unpaired) electrons. The summed E-state index contributed by atoms with van der Waals surface area (Å²) in [6.07, 6.45) is 3.38. The van der Waals surface area contributed by atoms with Crippen molar-refractivity contribution in [3.8, 4) is 11.5 Å². The second-order valence-electron chi connectivity index (χ2n) is 11.4. The van der Waals surface area contributed by atoms with E-state index in [1.807, 2.05) is 48.5 Å². The highest BCUT2D eigenvalue weighted by Crippen LogP contribution is 2.40. The van der Waals surface area contributed by atoms with Gasteiger partial charge in [0.25, 0.3) is 0 Å². The van der Waals surface area contributed by atoms with Gasteiger partial charge in [-0.15, -0.1) is 0 Å². The number of nitrogens with zero attached hydrogens (tertiary/aromatic N) is 1. The molecular formula is C34H43NO6S. The maximum atomic E-state index is 13.1. The number of methoxy groups -OCH3 is 2. The quantitative estimate of drug-likeness (QED) is 0.225. The summed E-state index contributed by atoms with van der Waals surface area (Å²) in [5.41, 5.74) is 4.22. The van der Waals surface area contributed by atoms with Crippen LogP contribution in [0.2, 0.25) is 0 Å². The van der Waals surface area contributed by atoms with Crippen molar-refractivity contribution in [1.82, 2.24) is 0 Å². The van der Waals surface area contributed by atoms with Gasteiger partial charge >= 0.3 is 0 Å². The normalized spacial score (nSPS) is 20.5. The Bertz CT molecular complexity index is 1380. The van der Waals surface area contributed by atoms with Crippen LogP contribution < -0.4 is 14.4 Å². The van der Waals surface area contributed by atoms with E-state index in [0.717, 1.165) is 79.3 Å². The molecule has 0 amide bonds. The monoisotopic (exact) mass is 593 g/mol. The van der Waals surface area contributed by atoms with E-state index in [2.05, 4.69) is 29.2 Å². The molecule has 3 aromatic carbocycles. The van der Waals surface area contributed by atoms with Crippen molar-refractivity contribution in [2.75, 3.05) is 51.2 Å². The molecular weight excluding hydrogens is 550 g/mol. The maximum absolute atomic E-state index is 13.1. The van der Waals surface area contributed by atoms with Gasteiger partial charge in [-0.2, -0.15) is 0 Å². The van der Waals surface area contributed by atoms with Gasteiger partial charge in [-0.1, -0.05) is 48.5 Å². The maximum Gasteiger partial charge on any atom is 0.154 e. The lowest BCUT2D eigenvalue weighted by Gasteiger charge is -2.36. The Hall–Kier alpha value is -3.07. The summed E-state index contributed by atoms with van der Waals surface area (Å²) in [6.45, 7) is 3.69. The van der Waals surface area contributed by atoms with Crippen LogP contribution in [0.25, 0.3) is 0 Å². The van der Waals surface area contributed by atoms with Gasteiger partial charge in [-0.3, -0.25) is 0 Å². The van der Waals surface area contributed by atoms with Crippen molar-refractivity contribution >= 4 is 15.5 Å². The molecule has 1 fully saturated rings. The fraction of sp³-hybridized carbons (Fsp3) is 0.471. The molecule has 42 heavy (non-hydrogen) atoms. The molecule has 0 aromatic heterocycles. The first-order valence-corrected chi connectivity index (χ1v) is 16.8. The molecule has 1 aliphatic heterocycles. The summed E-state index contributed by atoms with van der Waals surface area (Å²) in [5, 5.41) is 0. The number of anilines is 1. The first-order chi connectivity index (χ1) is 20.4. The van der Waals surface area contributed by atoms with Gasteiger partial charge in [0.1, 0.15) is 18.1 Å². The molecule has 3 aromatic rings. The first-order valence-electron chi connectivity index (χ1n) is 14.9. The van der Waals surface area contributed by atoms with E-state index in [1.54, 1.807) is 14.2 Å². The molecule has 5 rings (SSSR count). The van der Waals surface area contributed by atoms with Crippen LogP contribution in [0.4, 0.5) is 5.69 Å². The van der Waals surface area contributed by atoms with Crippen LogP contribution in [0.5, 0.6) is 11.5 Å². The van der Waals surface area contributed by atoms with Crippen LogP contribution in [0, 0.1) is 5.92 Å². The zero-order chi connectivity index (χ0) is 29.4. The SMILES string of the molecule is COCCCN1CCOc2ccc(CO[C@H]3CC[C@H](CS(=O)(=O)Cc4ccccc4)C[C@@H]3c3ccc(OC)cc3)cc21. The summed E-state index contributed by atoms with van der Waals surface area (Å²) in [6, 6.07) is 23.9. The lowest BCUT2D eigenvalue weighted by Crippen LogP contribution is -2.34. The molecule has 3 atom stereocenters. The van der Waals surface area contributed by atoms with Gasteiger partial charge in [-0.05, 0) is 72.6 Å². The predicted molar refractivity (Wildman–Crippen MR) is 166 cm³/mol. The van der Waals surface area contributed by atoms with Gasteiger partial charge in [0, 0.05) is 26.2 Å². The van der Waals surface area contributed by atoms with Crippen molar-refractivity contribution in [3.63, 3.8) is 0 Å². The van der Waals surface area contributed by atoms with E-state index in [4.69, 9.17) is 18.9 Å². The highest BCUT2D eigenvalue weighted by molar-refractivity contribution is 7.90. The highest BCUT2D eigenvalue weighted by atomic mass is 32.2. The van der Waals surface area contributed by atoms with Crippen LogP contribution in [-0.4, -0.2) is 60.8 Å². The van der Waals surface area contributed by atoms with E-state index in [1.165, 1.54) is 0 Å². The zero-order valence-electron chi connectivity index (χ0n) is 24.7. The van der Waals surface area contributed by atoms with Gasteiger partial charge in [-0.25, -0.2) is 8.42 Å². The third kappa shape index (κ3) is 8.06. The third-order valence-corrected chi connectivity index (χ3v) is 10.1. The fourth-order valence-corrected chi connectivity index (χ4v) is 8.11. The number of rotatable bonds is 13. The van der Waals surface area contributed by atoms with Crippen LogP contribution in [0.15, 0.2) is 72.8 Å². The van der Waals surface area contributed by atoms with Crippen molar-refractivity contribution in [2.45, 2.75) is 50.1 Å². The lowest BCUT2D eigenvalue weighted by atomic mass is 9.76. The van der Waals surface area contributed by atoms with Gasteiger partial charge in [0.2, 0.25) is 0 Å². The van der Waals surface area contributed by atoms with Crippen LogP contribution >= 0.6 is 0 Å². The molecule has 1 heterocycles. The highest BCUT2D eigenvalue weighted by Gasteiger charge is 2.34.